The molecule has 0 N–H and O–H groups in total. The van der Waals surface area contributed by atoms with Gasteiger partial charge in [-0.25, -0.2) is 0 Å². The molecule has 2 heterocycles. The van der Waals surface area contributed by atoms with Gasteiger partial charge in [0.1, 0.15) is 36.9 Å². The number of ether oxygens (including phenoxy) is 4. The van der Waals surface area contributed by atoms with Crippen molar-refractivity contribution in [2.45, 2.75) is 37.4 Å². The van der Waals surface area contributed by atoms with Crippen molar-refractivity contribution < 1.29 is 18.9 Å². The lowest BCUT2D eigenvalue weighted by molar-refractivity contribution is 0.260. The molecule has 0 bridgehead atoms. The van der Waals surface area contributed by atoms with Crippen LogP contribution in [0.15, 0.2) is 104 Å². The van der Waals surface area contributed by atoms with Crippen molar-refractivity contribution in [3.8, 4) is 22.6 Å². The SMILES string of the molecule is C=CCc1cc(C2(c3cc(C)c(OCC4CO4)c(CC=C)c3)c3ccccc3-c3ccccc32)ccc1OC[C@@H]1CO1. The minimum atomic E-state index is -0.528. The third-order valence-electron chi connectivity index (χ3n) is 8.60. The molecule has 0 aromatic heterocycles. The van der Waals surface area contributed by atoms with Crippen LogP contribution in [0.2, 0.25) is 0 Å². The summed E-state index contributed by atoms with van der Waals surface area (Å²) in [5.74, 6) is 1.82. The second kappa shape index (κ2) is 10.9. The molecule has 2 fully saturated rings. The quantitative estimate of drug-likeness (QED) is 0.119. The molecule has 4 heteroatoms. The highest BCUT2D eigenvalue weighted by molar-refractivity contribution is 5.86. The molecule has 2 atom stereocenters. The van der Waals surface area contributed by atoms with E-state index in [2.05, 4.69) is 98.9 Å². The highest BCUT2D eigenvalue weighted by Crippen LogP contribution is 2.57. The van der Waals surface area contributed by atoms with E-state index in [1.54, 1.807) is 0 Å². The van der Waals surface area contributed by atoms with Crippen LogP contribution in [0.3, 0.4) is 0 Å². The first-order valence-corrected chi connectivity index (χ1v) is 14.8. The summed E-state index contributed by atoms with van der Waals surface area (Å²) in [6.07, 6.45) is 5.72. The maximum Gasteiger partial charge on any atom is 0.125 e. The zero-order chi connectivity index (χ0) is 28.7. The molecule has 4 nitrogen and oxygen atoms in total. The van der Waals surface area contributed by atoms with E-state index in [1.165, 1.54) is 33.4 Å². The third kappa shape index (κ3) is 4.65. The van der Waals surface area contributed by atoms with Crippen molar-refractivity contribution >= 4 is 0 Å². The molecule has 0 spiro atoms. The lowest BCUT2D eigenvalue weighted by atomic mass is 9.66. The van der Waals surface area contributed by atoms with Gasteiger partial charge in [-0.05, 0) is 75.9 Å². The second-order valence-electron chi connectivity index (χ2n) is 11.5. The number of rotatable bonds is 12. The van der Waals surface area contributed by atoms with Crippen molar-refractivity contribution in [3.63, 3.8) is 0 Å². The van der Waals surface area contributed by atoms with Crippen molar-refractivity contribution in [3.05, 3.63) is 143 Å². The van der Waals surface area contributed by atoms with Gasteiger partial charge >= 0.3 is 0 Å². The van der Waals surface area contributed by atoms with Gasteiger partial charge in [-0.15, -0.1) is 13.2 Å². The van der Waals surface area contributed by atoms with Crippen LogP contribution >= 0.6 is 0 Å². The number of allylic oxidation sites excluding steroid dienone is 2. The molecule has 4 aromatic rings. The molecule has 212 valence electrons. The van der Waals surface area contributed by atoms with E-state index in [0.29, 0.717) is 26.1 Å². The molecule has 0 saturated carbocycles. The van der Waals surface area contributed by atoms with E-state index >= 15 is 0 Å². The van der Waals surface area contributed by atoms with Crippen LogP contribution in [0.25, 0.3) is 11.1 Å². The highest BCUT2D eigenvalue weighted by Gasteiger charge is 2.46. The van der Waals surface area contributed by atoms with Gasteiger partial charge in [-0.1, -0.05) is 84.9 Å². The van der Waals surface area contributed by atoms with E-state index in [4.69, 9.17) is 18.9 Å². The normalized spacial score (nSPS) is 19.0. The second-order valence-corrected chi connectivity index (χ2v) is 11.5. The molecule has 4 aromatic carbocycles. The first-order valence-electron chi connectivity index (χ1n) is 14.8. The molecule has 42 heavy (non-hydrogen) atoms. The summed E-state index contributed by atoms with van der Waals surface area (Å²) >= 11 is 0. The minimum Gasteiger partial charge on any atom is -0.490 e. The maximum atomic E-state index is 6.35. The van der Waals surface area contributed by atoms with Crippen molar-refractivity contribution in [2.75, 3.05) is 26.4 Å². The van der Waals surface area contributed by atoms with Crippen LogP contribution in [0, 0.1) is 6.92 Å². The first kappa shape index (κ1) is 26.8. The Kier molecular flexibility index (Phi) is 6.97. The molecule has 0 radical (unpaired) electrons. The molecule has 2 saturated heterocycles. The summed E-state index contributed by atoms with van der Waals surface area (Å²) in [4.78, 5) is 0. The summed E-state index contributed by atoms with van der Waals surface area (Å²) < 4.78 is 23.4. The fourth-order valence-electron chi connectivity index (χ4n) is 6.56. The lowest BCUT2D eigenvalue weighted by Crippen LogP contribution is -2.29. The Labute approximate surface area is 248 Å². The van der Waals surface area contributed by atoms with Crippen molar-refractivity contribution in [1.82, 2.24) is 0 Å². The number of epoxide rings is 2. The molecule has 0 amide bonds. The predicted molar refractivity (Wildman–Crippen MR) is 167 cm³/mol. The van der Waals surface area contributed by atoms with E-state index in [-0.39, 0.29) is 12.2 Å². The summed E-state index contributed by atoms with van der Waals surface area (Å²) in [6, 6.07) is 29.0. The molecular weight excluding hydrogens is 520 g/mol. The Balaban J connectivity index is 1.46. The summed E-state index contributed by atoms with van der Waals surface area (Å²) in [5, 5.41) is 0. The Hall–Kier alpha value is -4.12. The molecule has 3 aliphatic rings. The van der Waals surface area contributed by atoms with Gasteiger partial charge < -0.3 is 18.9 Å². The topological polar surface area (TPSA) is 43.5 Å². The molecule has 2 aliphatic heterocycles. The molecule has 7 rings (SSSR count). The molecule has 1 aliphatic carbocycles. The zero-order valence-electron chi connectivity index (χ0n) is 24.1. The van der Waals surface area contributed by atoms with Crippen LogP contribution in [-0.4, -0.2) is 38.6 Å². The standard InChI is InChI=1S/C38H36O4/c1-4-10-26-19-28(16-17-36(26)41-23-30-21-39-30)38(34-14-8-6-12-32(34)33-13-7-9-15-35(33)38)29-18-25(3)37(27(20-29)11-5-2)42-24-31-22-40-31/h4-9,12-20,30-31H,1-2,10-11,21-24H2,3H3/t30-,31?/m0/s1. The Bertz CT molecular complexity index is 1610. The fourth-order valence-corrected chi connectivity index (χ4v) is 6.56. The van der Waals surface area contributed by atoms with E-state index < -0.39 is 5.41 Å². The number of aryl methyl sites for hydroxylation is 1. The van der Waals surface area contributed by atoms with Gasteiger partial charge in [0.05, 0.1) is 18.6 Å². The summed E-state index contributed by atoms with van der Waals surface area (Å²) in [7, 11) is 0. The van der Waals surface area contributed by atoms with Crippen LogP contribution in [0.5, 0.6) is 11.5 Å². The fraction of sp³-hybridized carbons (Fsp3) is 0.263. The predicted octanol–water partition coefficient (Wildman–Crippen LogP) is 7.37. The van der Waals surface area contributed by atoms with Gasteiger partial charge in [0, 0.05) is 0 Å². The zero-order valence-corrected chi connectivity index (χ0v) is 24.1. The Morgan fingerprint density at radius 3 is 1.93 bits per heavy atom. The number of fused-ring (bicyclic) bond motifs is 3. The smallest absolute Gasteiger partial charge is 0.125 e. The van der Waals surface area contributed by atoms with E-state index in [9.17, 15) is 0 Å². The monoisotopic (exact) mass is 556 g/mol. The average Bonchev–Trinajstić information content (AvgIpc) is 3.95. The third-order valence-corrected chi connectivity index (χ3v) is 8.60. The Morgan fingerprint density at radius 2 is 1.31 bits per heavy atom. The first-order chi connectivity index (χ1) is 20.6. The number of hydrogen-bond acceptors (Lipinski definition) is 4. The van der Waals surface area contributed by atoms with Crippen LogP contribution in [-0.2, 0) is 27.7 Å². The van der Waals surface area contributed by atoms with Gasteiger partial charge in [0.15, 0.2) is 0 Å². The van der Waals surface area contributed by atoms with Crippen LogP contribution < -0.4 is 9.47 Å². The average molecular weight is 557 g/mol. The van der Waals surface area contributed by atoms with Gasteiger partial charge in [-0.2, -0.15) is 0 Å². The van der Waals surface area contributed by atoms with Crippen molar-refractivity contribution in [2.24, 2.45) is 0 Å². The summed E-state index contributed by atoms with van der Waals surface area (Å²) in [5.41, 5.74) is 10.3. The maximum absolute atomic E-state index is 6.35. The van der Waals surface area contributed by atoms with E-state index in [0.717, 1.165) is 41.4 Å². The van der Waals surface area contributed by atoms with Gasteiger partial charge in [0.25, 0.3) is 0 Å². The van der Waals surface area contributed by atoms with Crippen molar-refractivity contribution in [1.29, 1.82) is 0 Å². The summed E-state index contributed by atoms with van der Waals surface area (Å²) in [6.45, 7) is 13.0. The van der Waals surface area contributed by atoms with Crippen LogP contribution in [0.4, 0.5) is 0 Å². The lowest BCUT2D eigenvalue weighted by Gasteiger charge is -2.35. The number of benzene rings is 4. The van der Waals surface area contributed by atoms with Gasteiger partial charge in [-0.3, -0.25) is 0 Å². The van der Waals surface area contributed by atoms with Gasteiger partial charge in [0.2, 0.25) is 0 Å². The highest BCUT2D eigenvalue weighted by atomic mass is 16.6. The van der Waals surface area contributed by atoms with E-state index in [1.807, 2.05) is 12.2 Å². The molecule has 1 unspecified atom stereocenters. The largest absolute Gasteiger partial charge is 0.490 e. The Morgan fingerprint density at radius 1 is 0.738 bits per heavy atom. The number of hydrogen-bond donors (Lipinski definition) is 0. The van der Waals surface area contributed by atoms with Crippen LogP contribution in [0.1, 0.15) is 38.9 Å². The molecular formula is C38H36O4. The minimum absolute atomic E-state index is 0.191.